The lowest BCUT2D eigenvalue weighted by atomic mass is 9.87. The van der Waals surface area contributed by atoms with Crippen molar-refractivity contribution < 1.29 is 23.8 Å². The summed E-state index contributed by atoms with van der Waals surface area (Å²) in [6, 6.07) is 20.3. The fourth-order valence-corrected chi connectivity index (χ4v) is 4.67. The maximum atomic E-state index is 13.6. The standard InChI is InChI=1S/C32H36BrNO5/c1-31(2,3)23-10-15-25(16-11-23)38-26-14-9-22-17-18-34(30(36)39-32(4,5)6)28(27(22)19-26)29(35)37-20-21-7-12-24(33)13-8-21/h7-16,19,28H,17-18,20H2,1-6H3/t28-/m0/s1. The Balaban J connectivity index is 1.62. The van der Waals surface area contributed by atoms with Crippen molar-refractivity contribution in [2.75, 3.05) is 6.54 Å². The van der Waals surface area contributed by atoms with Gasteiger partial charge in [-0.2, -0.15) is 0 Å². The average Bonchev–Trinajstić information content (AvgIpc) is 2.86. The average molecular weight is 595 g/mol. The van der Waals surface area contributed by atoms with Crippen molar-refractivity contribution >= 4 is 28.0 Å². The van der Waals surface area contributed by atoms with Gasteiger partial charge >= 0.3 is 12.1 Å². The third-order valence-electron chi connectivity index (χ3n) is 6.45. The van der Waals surface area contributed by atoms with Gasteiger partial charge in [-0.25, -0.2) is 9.59 Å². The zero-order valence-electron chi connectivity index (χ0n) is 23.4. The van der Waals surface area contributed by atoms with Gasteiger partial charge in [-0.05, 0) is 91.3 Å². The first-order valence-corrected chi connectivity index (χ1v) is 13.9. The molecule has 0 fully saturated rings. The molecular formula is C32H36BrNO5. The van der Waals surface area contributed by atoms with Crippen LogP contribution in [0.2, 0.25) is 0 Å². The zero-order chi connectivity index (χ0) is 28.4. The van der Waals surface area contributed by atoms with Gasteiger partial charge in [0.15, 0.2) is 6.04 Å². The highest BCUT2D eigenvalue weighted by Crippen LogP contribution is 2.36. The van der Waals surface area contributed by atoms with Crippen LogP contribution in [0.5, 0.6) is 11.5 Å². The summed E-state index contributed by atoms with van der Waals surface area (Å²) < 4.78 is 18.5. The van der Waals surface area contributed by atoms with Crippen LogP contribution < -0.4 is 4.74 Å². The Labute approximate surface area is 239 Å². The van der Waals surface area contributed by atoms with Crippen LogP contribution in [0, 0.1) is 0 Å². The number of fused-ring (bicyclic) bond motifs is 1. The van der Waals surface area contributed by atoms with Gasteiger partial charge in [0.05, 0.1) is 0 Å². The molecule has 6 nitrogen and oxygen atoms in total. The molecule has 0 aromatic heterocycles. The van der Waals surface area contributed by atoms with Crippen LogP contribution in [-0.4, -0.2) is 29.1 Å². The predicted molar refractivity (Wildman–Crippen MR) is 155 cm³/mol. The maximum absolute atomic E-state index is 13.6. The summed E-state index contributed by atoms with van der Waals surface area (Å²) >= 11 is 3.42. The minimum absolute atomic E-state index is 0.0410. The normalized spacial score (nSPS) is 15.4. The summed E-state index contributed by atoms with van der Waals surface area (Å²) in [6.45, 7) is 12.3. The second-order valence-corrected chi connectivity index (χ2v) is 12.7. The van der Waals surface area contributed by atoms with E-state index in [-0.39, 0.29) is 12.0 Å². The van der Waals surface area contributed by atoms with E-state index in [1.165, 1.54) is 10.5 Å². The van der Waals surface area contributed by atoms with Gasteiger partial charge in [0.25, 0.3) is 0 Å². The summed E-state index contributed by atoms with van der Waals surface area (Å²) in [5, 5.41) is 0. The van der Waals surface area contributed by atoms with Gasteiger partial charge in [0.2, 0.25) is 0 Å². The lowest BCUT2D eigenvalue weighted by molar-refractivity contribution is -0.152. The van der Waals surface area contributed by atoms with Crippen molar-refractivity contribution in [3.8, 4) is 11.5 Å². The third kappa shape index (κ3) is 7.41. The van der Waals surface area contributed by atoms with Gasteiger partial charge in [-0.3, -0.25) is 4.90 Å². The van der Waals surface area contributed by atoms with Crippen LogP contribution in [0.4, 0.5) is 4.79 Å². The van der Waals surface area contributed by atoms with E-state index in [1.807, 2.05) is 54.6 Å². The smallest absolute Gasteiger partial charge is 0.411 e. The monoisotopic (exact) mass is 593 g/mol. The quantitative estimate of drug-likeness (QED) is 0.279. The van der Waals surface area contributed by atoms with E-state index in [4.69, 9.17) is 14.2 Å². The van der Waals surface area contributed by atoms with E-state index in [2.05, 4.69) is 48.8 Å². The molecular weight excluding hydrogens is 558 g/mol. The largest absolute Gasteiger partial charge is 0.459 e. The lowest BCUT2D eigenvalue weighted by Gasteiger charge is -2.36. The molecule has 0 radical (unpaired) electrons. The molecule has 0 saturated heterocycles. The Bertz CT molecular complexity index is 1320. The molecule has 0 bridgehead atoms. The molecule has 0 N–H and O–H groups in total. The molecule has 0 aliphatic carbocycles. The van der Waals surface area contributed by atoms with Gasteiger partial charge in [-0.1, -0.05) is 67.0 Å². The first-order valence-electron chi connectivity index (χ1n) is 13.1. The molecule has 1 heterocycles. The number of amides is 1. The van der Waals surface area contributed by atoms with Crippen LogP contribution in [-0.2, 0) is 32.7 Å². The number of hydrogen-bond acceptors (Lipinski definition) is 5. The van der Waals surface area contributed by atoms with Crippen molar-refractivity contribution in [1.82, 2.24) is 4.90 Å². The van der Waals surface area contributed by atoms with E-state index in [0.717, 1.165) is 15.6 Å². The molecule has 39 heavy (non-hydrogen) atoms. The molecule has 7 heteroatoms. The predicted octanol–water partition coefficient (Wildman–Crippen LogP) is 8.12. The highest BCUT2D eigenvalue weighted by molar-refractivity contribution is 9.10. The molecule has 1 amide bonds. The number of hydrogen-bond donors (Lipinski definition) is 0. The first-order chi connectivity index (χ1) is 18.3. The van der Waals surface area contributed by atoms with E-state index in [1.54, 1.807) is 20.8 Å². The minimum Gasteiger partial charge on any atom is -0.459 e. The van der Waals surface area contributed by atoms with Crippen LogP contribution in [0.15, 0.2) is 71.2 Å². The van der Waals surface area contributed by atoms with E-state index < -0.39 is 23.7 Å². The molecule has 1 aliphatic rings. The number of esters is 1. The molecule has 4 rings (SSSR count). The number of carbonyl (C=O) groups excluding carboxylic acids is 2. The van der Waals surface area contributed by atoms with Gasteiger partial charge < -0.3 is 14.2 Å². The Kier molecular flexibility index (Phi) is 8.40. The first kappa shape index (κ1) is 28.7. The SMILES string of the molecule is CC(C)(C)OC(=O)N1CCc2ccc(Oc3ccc(C(C)(C)C)cc3)cc2[C@H]1C(=O)OCc1ccc(Br)cc1. The second kappa shape index (κ2) is 11.4. The molecule has 3 aromatic rings. The van der Waals surface area contributed by atoms with Crippen molar-refractivity contribution in [3.05, 3.63) is 93.5 Å². The van der Waals surface area contributed by atoms with Crippen LogP contribution >= 0.6 is 15.9 Å². The highest BCUT2D eigenvalue weighted by Gasteiger charge is 2.39. The third-order valence-corrected chi connectivity index (χ3v) is 6.98. The molecule has 0 spiro atoms. The number of benzene rings is 3. The van der Waals surface area contributed by atoms with Crippen molar-refractivity contribution in [1.29, 1.82) is 0 Å². The zero-order valence-corrected chi connectivity index (χ0v) is 25.0. The van der Waals surface area contributed by atoms with E-state index in [0.29, 0.717) is 30.0 Å². The van der Waals surface area contributed by atoms with Crippen LogP contribution in [0.3, 0.4) is 0 Å². The number of nitrogens with zero attached hydrogens (tertiary/aromatic N) is 1. The summed E-state index contributed by atoms with van der Waals surface area (Å²) in [4.78, 5) is 28.2. The van der Waals surface area contributed by atoms with E-state index >= 15 is 0 Å². The highest BCUT2D eigenvalue weighted by atomic mass is 79.9. The lowest BCUT2D eigenvalue weighted by Crippen LogP contribution is -2.46. The topological polar surface area (TPSA) is 65.1 Å². The maximum Gasteiger partial charge on any atom is 0.411 e. The van der Waals surface area contributed by atoms with Crippen molar-refractivity contribution in [2.45, 2.75) is 71.6 Å². The number of ether oxygens (including phenoxy) is 3. The Hall–Kier alpha value is -3.32. The molecule has 206 valence electrons. The molecule has 0 saturated carbocycles. The van der Waals surface area contributed by atoms with Gasteiger partial charge in [-0.15, -0.1) is 0 Å². The fourth-order valence-electron chi connectivity index (χ4n) is 4.40. The van der Waals surface area contributed by atoms with Crippen LogP contribution in [0.1, 0.15) is 69.8 Å². The minimum atomic E-state index is -0.953. The van der Waals surface area contributed by atoms with Crippen molar-refractivity contribution in [3.63, 3.8) is 0 Å². The Morgan fingerprint density at radius 2 is 1.54 bits per heavy atom. The van der Waals surface area contributed by atoms with Gasteiger partial charge in [0, 0.05) is 11.0 Å². The summed E-state index contributed by atoms with van der Waals surface area (Å²) in [7, 11) is 0. The number of rotatable bonds is 5. The fraction of sp³-hybridized carbons (Fsp3) is 0.375. The number of halogens is 1. The van der Waals surface area contributed by atoms with Gasteiger partial charge in [0.1, 0.15) is 23.7 Å². The molecule has 1 aliphatic heterocycles. The molecule has 3 aromatic carbocycles. The van der Waals surface area contributed by atoms with Crippen LogP contribution in [0.25, 0.3) is 0 Å². The van der Waals surface area contributed by atoms with E-state index in [9.17, 15) is 9.59 Å². The number of carbonyl (C=O) groups is 2. The summed E-state index contributed by atoms with van der Waals surface area (Å²) in [6.07, 6.45) is 0.0360. The summed E-state index contributed by atoms with van der Waals surface area (Å²) in [5.74, 6) is 0.752. The van der Waals surface area contributed by atoms with Crippen molar-refractivity contribution in [2.24, 2.45) is 0 Å². The second-order valence-electron chi connectivity index (χ2n) is 11.8. The Morgan fingerprint density at radius 3 is 2.15 bits per heavy atom. The Morgan fingerprint density at radius 1 is 0.897 bits per heavy atom. The molecule has 0 unspecified atom stereocenters. The summed E-state index contributed by atoms with van der Waals surface area (Å²) in [5.41, 5.74) is 3.05. The molecule has 1 atom stereocenters.